The summed E-state index contributed by atoms with van der Waals surface area (Å²) < 4.78 is 11.0. The molecule has 1 unspecified atom stereocenters. The molecule has 190 valence electrons. The third-order valence-electron chi connectivity index (χ3n) is 5.94. The molecule has 4 rings (SSSR count). The number of alkyl carbamates (subject to hydrolysis) is 1. The lowest BCUT2D eigenvalue weighted by molar-refractivity contribution is -0.111. The molecule has 0 bridgehead atoms. The van der Waals surface area contributed by atoms with Crippen molar-refractivity contribution in [2.45, 2.75) is 32.7 Å². The van der Waals surface area contributed by atoms with Crippen LogP contribution in [-0.2, 0) is 28.9 Å². The molecule has 2 N–H and O–H groups in total. The van der Waals surface area contributed by atoms with E-state index < -0.39 is 6.09 Å². The zero-order valence-corrected chi connectivity index (χ0v) is 21.3. The number of carbonyl (C=O) groups excluding carboxylic acids is 2. The minimum absolute atomic E-state index is 0.150. The maximum atomic E-state index is 12.6. The molecule has 9 heteroatoms. The Labute approximate surface area is 219 Å². The van der Waals surface area contributed by atoms with Gasteiger partial charge in [0.1, 0.15) is 16.8 Å². The van der Waals surface area contributed by atoms with Gasteiger partial charge in [0.25, 0.3) is 0 Å². The molecule has 0 fully saturated rings. The molecule has 1 aliphatic rings. The van der Waals surface area contributed by atoms with Crippen LogP contribution in [-0.4, -0.2) is 30.2 Å². The summed E-state index contributed by atoms with van der Waals surface area (Å²) in [5.74, 6) is 0.541. The average molecular weight is 517 g/mol. The number of aromatic nitrogens is 1. The lowest BCUT2D eigenvalue weighted by atomic mass is 9.88. The van der Waals surface area contributed by atoms with Crippen LogP contribution in [0.3, 0.4) is 0 Å². The van der Waals surface area contributed by atoms with E-state index in [0.717, 1.165) is 28.1 Å². The number of pyridine rings is 1. The second kappa shape index (κ2) is 12.7. The van der Waals surface area contributed by atoms with Gasteiger partial charge in [-0.25, -0.2) is 4.79 Å². The first-order valence-electron chi connectivity index (χ1n) is 12.1. The Kier molecular flexibility index (Phi) is 8.89. The number of nitriles is 1. The summed E-state index contributed by atoms with van der Waals surface area (Å²) in [6.07, 6.45) is 6.53. The molecule has 8 nitrogen and oxygen atoms in total. The van der Waals surface area contributed by atoms with E-state index >= 15 is 0 Å². The smallest absolute Gasteiger partial charge is 0.407 e. The molecule has 0 aliphatic heterocycles. The molecular formula is C28H28N4O4S. The first kappa shape index (κ1) is 25.9. The molecule has 0 saturated heterocycles. The number of para-hydroxylation sites is 1. The van der Waals surface area contributed by atoms with Gasteiger partial charge in [-0.05, 0) is 61.9 Å². The summed E-state index contributed by atoms with van der Waals surface area (Å²) in [4.78, 5) is 29.9. The van der Waals surface area contributed by atoms with Crippen LogP contribution in [0.4, 0.5) is 9.80 Å². The number of anilines is 1. The molecule has 0 radical (unpaired) electrons. The molecule has 0 spiro atoms. The predicted octanol–water partition coefficient (Wildman–Crippen LogP) is 5.10. The average Bonchev–Trinajstić information content (AvgIpc) is 3.27. The van der Waals surface area contributed by atoms with E-state index in [1.807, 2.05) is 49.4 Å². The van der Waals surface area contributed by atoms with E-state index in [0.29, 0.717) is 42.3 Å². The van der Waals surface area contributed by atoms with Crippen LogP contribution >= 0.6 is 11.3 Å². The number of nitrogens with one attached hydrogen (secondary N) is 2. The van der Waals surface area contributed by atoms with Crippen LogP contribution in [0, 0.1) is 17.2 Å². The largest absolute Gasteiger partial charge is 0.493 e. The standard InChI is InChI=1S/C28H28N4O4S/c1-2-35-24-9-4-3-7-20(24)11-13-26(33)32-27-23(16-29)22-12-10-19(15-25(22)37-27)18-36-28(34)31-17-21-8-5-6-14-30-21/h3-9,11,13-14,19H,2,10,12,15,17-18H2,1H3,(H,31,34)(H,32,33)/b13-11+. The first-order chi connectivity index (χ1) is 18.1. The van der Waals surface area contributed by atoms with Crippen LogP contribution in [0.15, 0.2) is 54.7 Å². The summed E-state index contributed by atoms with van der Waals surface area (Å²) in [6.45, 7) is 3.03. The van der Waals surface area contributed by atoms with E-state index in [-0.39, 0.29) is 18.4 Å². The lowest BCUT2D eigenvalue weighted by Crippen LogP contribution is -2.28. The molecule has 2 amide bonds. The first-order valence-corrected chi connectivity index (χ1v) is 12.9. The molecule has 37 heavy (non-hydrogen) atoms. The molecule has 0 saturated carbocycles. The van der Waals surface area contributed by atoms with E-state index in [9.17, 15) is 14.9 Å². The summed E-state index contributed by atoms with van der Waals surface area (Å²) in [5.41, 5.74) is 3.05. The van der Waals surface area contributed by atoms with Crippen LogP contribution < -0.4 is 15.4 Å². The van der Waals surface area contributed by atoms with E-state index in [1.165, 1.54) is 17.4 Å². The SMILES string of the molecule is CCOc1ccccc1/C=C/C(=O)Nc1sc2c(c1C#N)CCC(COC(=O)NCc1ccccn1)C2. The summed E-state index contributed by atoms with van der Waals surface area (Å²) in [6, 6.07) is 15.3. The maximum Gasteiger partial charge on any atom is 0.407 e. The number of hydrogen-bond donors (Lipinski definition) is 2. The second-order valence-corrected chi connectivity index (χ2v) is 9.60. The second-order valence-electron chi connectivity index (χ2n) is 8.50. The van der Waals surface area contributed by atoms with Crippen LogP contribution in [0.5, 0.6) is 5.75 Å². The van der Waals surface area contributed by atoms with Gasteiger partial charge < -0.3 is 20.1 Å². The number of thiophene rings is 1. The van der Waals surface area contributed by atoms with Gasteiger partial charge in [-0.3, -0.25) is 9.78 Å². The molecule has 2 heterocycles. The topological polar surface area (TPSA) is 113 Å². The highest BCUT2D eigenvalue weighted by molar-refractivity contribution is 7.16. The maximum absolute atomic E-state index is 12.6. The fraction of sp³-hybridized carbons (Fsp3) is 0.286. The third kappa shape index (κ3) is 6.96. The van der Waals surface area contributed by atoms with Gasteiger partial charge in [-0.2, -0.15) is 5.26 Å². The molecule has 2 aromatic heterocycles. The van der Waals surface area contributed by atoms with Crippen molar-refractivity contribution < 1.29 is 19.1 Å². The van der Waals surface area contributed by atoms with Crippen LogP contribution in [0.1, 0.15) is 40.6 Å². The van der Waals surface area contributed by atoms with Crippen molar-refractivity contribution in [2.24, 2.45) is 5.92 Å². The van der Waals surface area contributed by atoms with E-state index in [2.05, 4.69) is 21.7 Å². The van der Waals surface area contributed by atoms with Gasteiger partial charge in [0.05, 0.1) is 31.0 Å². The van der Waals surface area contributed by atoms with Crippen molar-refractivity contribution in [1.82, 2.24) is 10.3 Å². The van der Waals surface area contributed by atoms with Crippen molar-refractivity contribution >= 4 is 34.4 Å². The zero-order valence-electron chi connectivity index (χ0n) is 20.5. The molecule has 3 aromatic rings. The third-order valence-corrected chi connectivity index (χ3v) is 7.11. The quantitative estimate of drug-likeness (QED) is 0.383. The highest BCUT2D eigenvalue weighted by Gasteiger charge is 2.27. The monoisotopic (exact) mass is 516 g/mol. The fourth-order valence-electron chi connectivity index (χ4n) is 4.14. The number of carbonyl (C=O) groups is 2. The normalized spacial score (nSPS) is 14.4. The van der Waals surface area contributed by atoms with E-state index in [4.69, 9.17) is 9.47 Å². The minimum Gasteiger partial charge on any atom is -0.493 e. The minimum atomic E-state index is -0.481. The summed E-state index contributed by atoms with van der Waals surface area (Å²) in [5, 5.41) is 15.9. The zero-order chi connectivity index (χ0) is 26.0. The number of hydrogen-bond acceptors (Lipinski definition) is 7. The van der Waals surface area contributed by atoms with E-state index in [1.54, 1.807) is 12.3 Å². The van der Waals surface area contributed by atoms with Crippen molar-refractivity contribution in [1.29, 1.82) is 5.26 Å². The number of benzene rings is 1. The van der Waals surface area contributed by atoms with Crippen LogP contribution in [0.2, 0.25) is 0 Å². The molecular weight excluding hydrogens is 488 g/mol. The number of fused-ring (bicyclic) bond motifs is 1. The molecule has 1 aliphatic carbocycles. The van der Waals surface area contributed by atoms with Crippen molar-refractivity contribution in [3.63, 3.8) is 0 Å². The Balaban J connectivity index is 1.33. The predicted molar refractivity (Wildman–Crippen MR) is 142 cm³/mol. The van der Waals surface area contributed by atoms with Crippen molar-refractivity contribution in [3.05, 3.63) is 82.0 Å². The lowest BCUT2D eigenvalue weighted by Gasteiger charge is -2.21. The number of ether oxygens (including phenoxy) is 2. The van der Waals surface area contributed by atoms with Crippen molar-refractivity contribution in [2.75, 3.05) is 18.5 Å². The van der Waals surface area contributed by atoms with Gasteiger partial charge in [-0.15, -0.1) is 11.3 Å². The Morgan fingerprint density at radius 3 is 2.86 bits per heavy atom. The van der Waals surface area contributed by atoms with Crippen molar-refractivity contribution in [3.8, 4) is 11.8 Å². The fourth-order valence-corrected chi connectivity index (χ4v) is 5.45. The highest BCUT2D eigenvalue weighted by Crippen LogP contribution is 2.39. The molecule has 1 aromatic carbocycles. The Morgan fingerprint density at radius 1 is 1.24 bits per heavy atom. The van der Waals surface area contributed by atoms with Gasteiger partial charge in [0, 0.05) is 22.7 Å². The molecule has 1 atom stereocenters. The van der Waals surface area contributed by atoms with Gasteiger partial charge in [-0.1, -0.05) is 24.3 Å². The summed E-state index contributed by atoms with van der Waals surface area (Å²) in [7, 11) is 0. The Morgan fingerprint density at radius 2 is 2.08 bits per heavy atom. The van der Waals surface area contributed by atoms with Crippen LogP contribution in [0.25, 0.3) is 6.08 Å². The van der Waals surface area contributed by atoms with Gasteiger partial charge >= 0.3 is 6.09 Å². The Hall–Kier alpha value is -4.16. The van der Waals surface area contributed by atoms with Gasteiger partial charge in [0.2, 0.25) is 5.91 Å². The number of rotatable bonds is 9. The van der Waals surface area contributed by atoms with Gasteiger partial charge in [0.15, 0.2) is 0 Å². The summed E-state index contributed by atoms with van der Waals surface area (Å²) >= 11 is 1.42. The number of nitrogens with zero attached hydrogens (tertiary/aromatic N) is 2. The Bertz CT molecular complexity index is 1310. The number of amides is 2. The highest BCUT2D eigenvalue weighted by atomic mass is 32.1.